The van der Waals surface area contributed by atoms with Crippen molar-refractivity contribution in [3.8, 4) is 0 Å². The summed E-state index contributed by atoms with van der Waals surface area (Å²) in [6, 6.07) is 12.0. The third-order valence-corrected chi connectivity index (χ3v) is 3.63. The quantitative estimate of drug-likeness (QED) is 0.718. The second kappa shape index (κ2) is 9.99. The van der Waals surface area contributed by atoms with Crippen LogP contribution < -0.4 is 11.1 Å². The highest BCUT2D eigenvalue weighted by Gasteiger charge is 2.27. The van der Waals surface area contributed by atoms with Gasteiger partial charge in [-0.05, 0) is 45.0 Å². The summed E-state index contributed by atoms with van der Waals surface area (Å²) in [6.45, 7) is 5.32. The molecule has 0 aliphatic carbocycles. The van der Waals surface area contributed by atoms with Crippen molar-refractivity contribution in [3.63, 3.8) is 0 Å². The topological polar surface area (TPSA) is 94.6 Å². The summed E-state index contributed by atoms with van der Waals surface area (Å²) in [5.74, 6) is -0.546. The smallest absolute Gasteiger partial charge is 0.311 e. The van der Waals surface area contributed by atoms with Gasteiger partial charge in [-0.3, -0.25) is 9.59 Å². The lowest BCUT2D eigenvalue weighted by molar-refractivity contribution is -0.153. The van der Waals surface area contributed by atoms with Crippen LogP contribution in [-0.4, -0.2) is 24.0 Å². The van der Waals surface area contributed by atoms with Gasteiger partial charge in [-0.2, -0.15) is 0 Å². The molecule has 0 saturated heterocycles. The van der Waals surface area contributed by atoms with Crippen molar-refractivity contribution in [3.05, 3.63) is 54.0 Å². The Bertz CT molecular complexity index is 713. The molecule has 1 aromatic carbocycles. The molecule has 0 bridgehead atoms. The highest BCUT2D eigenvalue weighted by Crippen LogP contribution is 2.18. The van der Waals surface area contributed by atoms with E-state index in [2.05, 4.69) is 5.32 Å². The standard InChI is InChI=1S/C19H24N2O4.ClH/c1-12(2)24-19(23)16(13(3)20)11-15-9-10-17(25-15)18(22)21-14-7-5-4-6-8-14;/h4-10,12-13,16H,11,20H2,1-3H3,(H,21,22);1H. The lowest BCUT2D eigenvalue weighted by Gasteiger charge is -2.19. The van der Waals surface area contributed by atoms with Crippen LogP contribution in [-0.2, 0) is 16.0 Å². The van der Waals surface area contributed by atoms with Crippen molar-refractivity contribution in [1.29, 1.82) is 0 Å². The van der Waals surface area contributed by atoms with E-state index in [0.717, 1.165) is 0 Å². The second-order valence-corrected chi connectivity index (χ2v) is 6.24. The largest absolute Gasteiger partial charge is 0.463 e. The van der Waals surface area contributed by atoms with Crippen LogP contribution in [0.3, 0.4) is 0 Å². The molecule has 0 saturated carbocycles. The normalized spacial score (nSPS) is 12.8. The molecule has 2 rings (SSSR count). The van der Waals surface area contributed by atoms with Gasteiger partial charge in [0.25, 0.3) is 5.91 Å². The van der Waals surface area contributed by atoms with E-state index in [4.69, 9.17) is 14.9 Å². The number of esters is 1. The predicted molar refractivity (Wildman–Crippen MR) is 102 cm³/mol. The maximum atomic E-state index is 12.2. The third-order valence-electron chi connectivity index (χ3n) is 3.63. The lowest BCUT2D eigenvalue weighted by Crippen LogP contribution is -2.36. The van der Waals surface area contributed by atoms with Gasteiger partial charge < -0.3 is 20.2 Å². The molecule has 0 spiro atoms. The van der Waals surface area contributed by atoms with Gasteiger partial charge in [0.05, 0.1) is 12.0 Å². The van der Waals surface area contributed by atoms with E-state index < -0.39 is 12.0 Å². The number of hydrogen-bond donors (Lipinski definition) is 2. The van der Waals surface area contributed by atoms with Gasteiger partial charge in [0.2, 0.25) is 0 Å². The van der Waals surface area contributed by atoms with Gasteiger partial charge in [-0.1, -0.05) is 18.2 Å². The Labute approximate surface area is 159 Å². The Morgan fingerprint density at radius 3 is 2.35 bits per heavy atom. The zero-order chi connectivity index (χ0) is 18.4. The Morgan fingerprint density at radius 2 is 1.77 bits per heavy atom. The summed E-state index contributed by atoms with van der Waals surface area (Å²) in [5, 5.41) is 2.75. The van der Waals surface area contributed by atoms with Gasteiger partial charge in [0.1, 0.15) is 5.76 Å². The zero-order valence-corrected chi connectivity index (χ0v) is 15.9. The molecule has 142 valence electrons. The number of carbonyl (C=O) groups is 2. The number of anilines is 1. The van der Waals surface area contributed by atoms with E-state index in [1.165, 1.54) is 0 Å². The summed E-state index contributed by atoms with van der Waals surface area (Å²) >= 11 is 0. The fourth-order valence-electron chi connectivity index (χ4n) is 2.34. The number of ether oxygens (including phenoxy) is 1. The number of halogens is 1. The molecular weight excluding hydrogens is 356 g/mol. The highest BCUT2D eigenvalue weighted by atomic mass is 35.5. The molecule has 1 amide bonds. The number of para-hydroxylation sites is 1. The van der Waals surface area contributed by atoms with E-state index >= 15 is 0 Å². The first kappa shape index (κ1) is 21.7. The average Bonchev–Trinajstić information content (AvgIpc) is 3.01. The summed E-state index contributed by atoms with van der Waals surface area (Å²) in [5.41, 5.74) is 6.59. The molecule has 0 fully saturated rings. The van der Waals surface area contributed by atoms with Crippen molar-refractivity contribution in [2.75, 3.05) is 5.32 Å². The molecule has 6 nitrogen and oxygen atoms in total. The Hall–Kier alpha value is -2.31. The summed E-state index contributed by atoms with van der Waals surface area (Å²) < 4.78 is 10.8. The first-order valence-electron chi connectivity index (χ1n) is 8.28. The van der Waals surface area contributed by atoms with Crippen LogP contribution in [0.2, 0.25) is 0 Å². The number of hydrogen-bond acceptors (Lipinski definition) is 5. The highest BCUT2D eigenvalue weighted by molar-refractivity contribution is 6.02. The van der Waals surface area contributed by atoms with Crippen molar-refractivity contribution in [1.82, 2.24) is 0 Å². The average molecular weight is 381 g/mol. The van der Waals surface area contributed by atoms with Crippen molar-refractivity contribution < 1.29 is 18.7 Å². The van der Waals surface area contributed by atoms with Gasteiger partial charge in [0.15, 0.2) is 5.76 Å². The van der Waals surface area contributed by atoms with E-state index in [-0.39, 0.29) is 42.6 Å². The van der Waals surface area contributed by atoms with Crippen LogP contribution in [0.5, 0.6) is 0 Å². The van der Waals surface area contributed by atoms with E-state index in [1.807, 2.05) is 18.2 Å². The SMILES string of the molecule is CC(C)OC(=O)C(Cc1ccc(C(=O)Nc2ccccc2)o1)C(C)N.Cl. The monoisotopic (exact) mass is 380 g/mol. The minimum absolute atomic E-state index is 0. The Balaban J connectivity index is 0.00000338. The minimum atomic E-state index is -0.529. The first-order chi connectivity index (χ1) is 11.9. The molecule has 0 radical (unpaired) electrons. The number of furan rings is 1. The summed E-state index contributed by atoms with van der Waals surface area (Å²) in [7, 11) is 0. The zero-order valence-electron chi connectivity index (χ0n) is 15.1. The summed E-state index contributed by atoms with van der Waals surface area (Å²) in [4.78, 5) is 24.4. The molecule has 3 N–H and O–H groups in total. The second-order valence-electron chi connectivity index (χ2n) is 6.24. The van der Waals surface area contributed by atoms with Crippen LogP contribution >= 0.6 is 12.4 Å². The maximum Gasteiger partial charge on any atom is 0.311 e. The Morgan fingerprint density at radius 1 is 1.12 bits per heavy atom. The fourth-order valence-corrected chi connectivity index (χ4v) is 2.34. The van der Waals surface area contributed by atoms with Crippen LogP contribution in [0.1, 0.15) is 37.1 Å². The Kier molecular flexibility index (Phi) is 8.35. The van der Waals surface area contributed by atoms with E-state index in [9.17, 15) is 9.59 Å². The molecule has 1 heterocycles. The molecule has 2 atom stereocenters. The third kappa shape index (κ3) is 6.20. The van der Waals surface area contributed by atoms with Crippen LogP contribution in [0.4, 0.5) is 5.69 Å². The number of carbonyl (C=O) groups excluding carboxylic acids is 2. The van der Waals surface area contributed by atoms with Gasteiger partial charge in [-0.15, -0.1) is 12.4 Å². The number of benzene rings is 1. The lowest BCUT2D eigenvalue weighted by atomic mass is 9.97. The molecule has 0 aliphatic heterocycles. The molecule has 0 aliphatic rings. The van der Waals surface area contributed by atoms with E-state index in [0.29, 0.717) is 11.4 Å². The van der Waals surface area contributed by atoms with Crippen molar-refractivity contribution >= 4 is 30.0 Å². The number of nitrogens with one attached hydrogen (secondary N) is 1. The number of nitrogens with two attached hydrogens (primary N) is 1. The predicted octanol–water partition coefficient (Wildman–Crippen LogP) is 3.41. The van der Waals surface area contributed by atoms with Gasteiger partial charge in [0, 0.05) is 18.2 Å². The van der Waals surface area contributed by atoms with Crippen molar-refractivity contribution in [2.24, 2.45) is 11.7 Å². The van der Waals surface area contributed by atoms with Gasteiger partial charge in [-0.25, -0.2) is 0 Å². The van der Waals surface area contributed by atoms with Gasteiger partial charge >= 0.3 is 5.97 Å². The molecule has 2 aromatic rings. The fraction of sp³-hybridized carbons (Fsp3) is 0.368. The maximum absolute atomic E-state index is 12.2. The summed E-state index contributed by atoms with van der Waals surface area (Å²) in [6.07, 6.45) is 0.0690. The van der Waals surface area contributed by atoms with Crippen molar-refractivity contribution in [2.45, 2.75) is 39.3 Å². The molecular formula is C19H25ClN2O4. The number of rotatable bonds is 7. The van der Waals surface area contributed by atoms with E-state index in [1.54, 1.807) is 45.0 Å². The van der Waals surface area contributed by atoms with Crippen LogP contribution in [0, 0.1) is 5.92 Å². The molecule has 26 heavy (non-hydrogen) atoms. The molecule has 1 aromatic heterocycles. The van der Waals surface area contributed by atoms with Crippen LogP contribution in [0.25, 0.3) is 0 Å². The van der Waals surface area contributed by atoms with Crippen LogP contribution in [0.15, 0.2) is 46.9 Å². The minimum Gasteiger partial charge on any atom is -0.463 e. The molecule has 7 heteroatoms. The first-order valence-corrected chi connectivity index (χ1v) is 8.28. The molecule has 2 unspecified atom stereocenters. The number of amides is 1.